The van der Waals surface area contributed by atoms with Crippen LogP contribution >= 0.6 is 0 Å². The van der Waals surface area contributed by atoms with Crippen molar-refractivity contribution in [3.63, 3.8) is 0 Å². The van der Waals surface area contributed by atoms with Crippen molar-refractivity contribution in [3.05, 3.63) is 16.7 Å². The SMILES string of the molecule is Cc1c(N)c(C)c(N(C)C)c2c1C(C)C(C)(C)O2. The average Bonchev–Trinajstić information content (AvgIpc) is 2.47. The highest BCUT2D eigenvalue weighted by atomic mass is 16.5. The fourth-order valence-corrected chi connectivity index (χ4v) is 2.88. The topological polar surface area (TPSA) is 38.5 Å². The van der Waals surface area contributed by atoms with Crippen molar-refractivity contribution in [3.8, 4) is 5.75 Å². The molecular weight excluding hydrogens is 224 g/mol. The summed E-state index contributed by atoms with van der Waals surface area (Å²) in [7, 11) is 4.08. The third kappa shape index (κ3) is 1.57. The Bertz CT molecular complexity index is 504. The molecule has 1 atom stereocenters. The van der Waals surface area contributed by atoms with E-state index in [9.17, 15) is 0 Å². The minimum atomic E-state index is -0.169. The number of ether oxygens (including phenoxy) is 1. The van der Waals surface area contributed by atoms with Gasteiger partial charge < -0.3 is 15.4 Å². The van der Waals surface area contributed by atoms with E-state index in [0.29, 0.717) is 5.92 Å². The fourth-order valence-electron chi connectivity index (χ4n) is 2.88. The van der Waals surface area contributed by atoms with E-state index in [-0.39, 0.29) is 5.60 Å². The summed E-state index contributed by atoms with van der Waals surface area (Å²) >= 11 is 0. The predicted molar refractivity (Wildman–Crippen MR) is 77.8 cm³/mol. The van der Waals surface area contributed by atoms with Gasteiger partial charge >= 0.3 is 0 Å². The summed E-state index contributed by atoms with van der Waals surface area (Å²) in [5.41, 5.74) is 11.7. The van der Waals surface area contributed by atoms with Crippen LogP contribution in [0, 0.1) is 13.8 Å². The zero-order chi connectivity index (χ0) is 13.8. The Morgan fingerprint density at radius 1 is 1.17 bits per heavy atom. The van der Waals surface area contributed by atoms with E-state index in [2.05, 4.69) is 39.5 Å². The Labute approximate surface area is 110 Å². The second-order valence-electron chi connectivity index (χ2n) is 6.08. The molecule has 1 aliphatic rings. The van der Waals surface area contributed by atoms with Crippen molar-refractivity contribution in [1.82, 2.24) is 0 Å². The molecule has 1 unspecified atom stereocenters. The summed E-state index contributed by atoms with van der Waals surface area (Å²) in [6, 6.07) is 0. The number of hydrogen-bond donors (Lipinski definition) is 1. The van der Waals surface area contributed by atoms with Gasteiger partial charge in [0.15, 0.2) is 0 Å². The predicted octanol–water partition coefficient (Wildman–Crippen LogP) is 3.23. The van der Waals surface area contributed by atoms with Crippen LogP contribution in [-0.2, 0) is 0 Å². The minimum absolute atomic E-state index is 0.169. The number of nitrogens with two attached hydrogens (primary N) is 1. The van der Waals surface area contributed by atoms with Crippen LogP contribution < -0.4 is 15.4 Å². The van der Waals surface area contributed by atoms with Crippen molar-refractivity contribution in [2.45, 2.75) is 46.1 Å². The van der Waals surface area contributed by atoms with E-state index in [4.69, 9.17) is 10.5 Å². The summed E-state index contributed by atoms with van der Waals surface area (Å²) in [6.45, 7) is 10.7. The largest absolute Gasteiger partial charge is 0.485 e. The van der Waals surface area contributed by atoms with Gasteiger partial charge in [0.2, 0.25) is 0 Å². The van der Waals surface area contributed by atoms with Gasteiger partial charge in [-0.2, -0.15) is 0 Å². The fraction of sp³-hybridized carbons (Fsp3) is 0.600. The normalized spacial score (nSPS) is 20.5. The Kier molecular flexibility index (Phi) is 2.76. The molecule has 0 spiro atoms. The lowest BCUT2D eigenvalue weighted by molar-refractivity contribution is 0.116. The van der Waals surface area contributed by atoms with Gasteiger partial charge in [-0.3, -0.25) is 0 Å². The molecule has 100 valence electrons. The molecule has 0 fully saturated rings. The number of nitrogen functional groups attached to an aromatic ring is 1. The first-order chi connectivity index (χ1) is 8.18. The zero-order valence-electron chi connectivity index (χ0n) is 12.5. The van der Waals surface area contributed by atoms with Gasteiger partial charge in [-0.1, -0.05) is 6.92 Å². The lowest BCUT2D eigenvalue weighted by Crippen LogP contribution is -2.28. The molecular formula is C15H24N2O. The standard InChI is InChI=1S/C15H24N2O/c1-8-11-10(3)15(4,5)18-14(11)13(17(6)7)9(2)12(8)16/h10H,16H2,1-7H3. The molecule has 2 rings (SSSR count). The Morgan fingerprint density at radius 2 is 1.72 bits per heavy atom. The molecule has 3 heteroatoms. The monoisotopic (exact) mass is 248 g/mol. The van der Waals surface area contributed by atoms with Crippen LogP contribution in [0.5, 0.6) is 5.75 Å². The highest BCUT2D eigenvalue weighted by molar-refractivity contribution is 5.78. The molecule has 1 heterocycles. The van der Waals surface area contributed by atoms with Crippen LogP contribution in [0.3, 0.4) is 0 Å². The molecule has 3 nitrogen and oxygen atoms in total. The number of rotatable bonds is 1. The molecule has 1 aromatic rings. The maximum atomic E-state index is 6.26. The molecule has 0 amide bonds. The molecule has 0 aliphatic carbocycles. The van der Waals surface area contributed by atoms with Gasteiger partial charge in [0.25, 0.3) is 0 Å². The highest BCUT2D eigenvalue weighted by Crippen LogP contribution is 2.53. The molecule has 0 aromatic heterocycles. The van der Waals surface area contributed by atoms with E-state index in [1.165, 1.54) is 11.1 Å². The maximum absolute atomic E-state index is 6.26. The van der Waals surface area contributed by atoms with Crippen LogP contribution in [0.2, 0.25) is 0 Å². The van der Waals surface area contributed by atoms with Crippen molar-refractivity contribution in [2.75, 3.05) is 24.7 Å². The summed E-state index contributed by atoms with van der Waals surface area (Å²) < 4.78 is 6.22. The van der Waals surface area contributed by atoms with Crippen molar-refractivity contribution in [2.24, 2.45) is 0 Å². The van der Waals surface area contributed by atoms with E-state index in [0.717, 1.165) is 22.7 Å². The van der Waals surface area contributed by atoms with Gasteiger partial charge in [0, 0.05) is 31.3 Å². The first-order valence-corrected chi connectivity index (χ1v) is 6.47. The van der Waals surface area contributed by atoms with Gasteiger partial charge in [0.1, 0.15) is 11.4 Å². The van der Waals surface area contributed by atoms with Crippen LogP contribution in [0.4, 0.5) is 11.4 Å². The number of benzene rings is 1. The average molecular weight is 248 g/mol. The molecule has 18 heavy (non-hydrogen) atoms. The third-order valence-corrected chi connectivity index (χ3v) is 4.32. The third-order valence-electron chi connectivity index (χ3n) is 4.32. The van der Waals surface area contributed by atoms with E-state index < -0.39 is 0 Å². The number of anilines is 2. The Morgan fingerprint density at radius 3 is 2.22 bits per heavy atom. The second-order valence-corrected chi connectivity index (χ2v) is 6.08. The maximum Gasteiger partial charge on any atom is 0.147 e. The molecule has 0 saturated heterocycles. The zero-order valence-corrected chi connectivity index (χ0v) is 12.5. The summed E-state index contributed by atoms with van der Waals surface area (Å²) in [5, 5.41) is 0. The van der Waals surface area contributed by atoms with E-state index in [1.807, 2.05) is 14.1 Å². The molecule has 0 bridgehead atoms. The molecule has 0 radical (unpaired) electrons. The van der Waals surface area contributed by atoms with Crippen molar-refractivity contribution in [1.29, 1.82) is 0 Å². The van der Waals surface area contributed by atoms with Gasteiger partial charge in [0.05, 0.1) is 5.69 Å². The minimum Gasteiger partial charge on any atom is -0.485 e. The lowest BCUT2D eigenvalue weighted by atomic mass is 9.85. The van der Waals surface area contributed by atoms with Crippen molar-refractivity contribution >= 4 is 11.4 Å². The van der Waals surface area contributed by atoms with Crippen LogP contribution in [0.15, 0.2) is 0 Å². The first-order valence-electron chi connectivity index (χ1n) is 6.47. The highest BCUT2D eigenvalue weighted by Gasteiger charge is 2.41. The van der Waals surface area contributed by atoms with Gasteiger partial charge in [-0.25, -0.2) is 0 Å². The van der Waals surface area contributed by atoms with Crippen LogP contribution in [0.1, 0.15) is 43.4 Å². The number of nitrogens with zero attached hydrogens (tertiary/aromatic N) is 1. The Balaban J connectivity index is 2.80. The van der Waals surface area contributed by atoms with Gasteiger partial charge in [-0.05, 0) is 38.8 Å². The van der Waals surface area contributed by atoms with E-state index >= 15 is 0 Å². The van der Waals surface area contributed by atoms with Gasteiger partial charge in [-0.15, -0.1) is 0 Å². The summed E-state index contributed by atoms with van der Waals surface area (Å²) in [6.07, 6.45) is 0. The molecule has 2 N–H and O–H groups in total. The van der Waals surface area contributed by atoms with E-state index in [1.54, 1.807) is 0 Å². The smallest absolute Gasteiger partial charge is 0.147 e. The Hall–Kier alpha value is -1.38. The van der Waals surface area contributed by atoms with Crippen LogP contribution in [0.25, 0.3) is 0 Å². The van der Waals surface area contributed by atoms with Crippen LogP contribution in [-0.4, -0.2) is 19.7 Å². The first kappa shape index (κ1) is 13.1. The lowest BCUT2D eigenvalue weighted by Gasteiger charge is -2.24. The summed E-state index contributed by atoms with van der Waals surface area (Å²) in [5.74, 6) is 1.37. The number of hydrogen-bond acceptors (Lipinski definition) is 3. The molecule has 1 aliphatic heterocycles. The molecule has 1 aromatic carbocycles. The second kappa shape index (κ2) is 3.81. The number of fused-ring (bicyclic) bond motifs is 1. The molecule has 0 saturated carbocycles. The van der Waals surface area contributed by atoms with Crippen molar-refractivity contribution < 1.29 is 4.74 Å². The summed E-state index contributed by atoms with van der Waals surface area (Å²) in [4.78, 5) is 2.10. The quantitative estimate of drug-likeness (QED) is 0.775.